The molecule has 1 aromatic carbocycles. The third-order valence-corrected chi connectivity index (χ3v) is 3.55. The molecule has 1 atom stereocenters. The van der Waals surface area contributed by atoms with Gasteiger partial charge in [0.2, 0.25) is 0 Å². The average Bonchev–Trinajstić information content (AvgIpc) is 2.41. The van der Waals surface area contributed by atoms with Crippen LogP contribution in [-0.4, -0.2) is 17.2 Å². The van der Waals surface area contributed by atoms with E-state index >= 15 is 0 Å². The Bertz CT molecular complexity index is 601. The Kier molecular flexibility index (Phi) is 4.38. The van der Waals surface area contributed by atoms with E-state index in [-0.39, 0.29) is 5.56 Å². The summed E-state index contributed by atoms with van der Waals surface area (Å²) in [7, 11) is 0. The maximum atomic E-state index is 12.4. The topological polar surface area (TPSA) is 34.0 Å². The van der Waals surface area contributed by atoms with E-state index in [1.165, 1.54) is 0 Å². The molecule has 1 N–H and O–H groups in total. The second-order valence-corrected chi connectivity index (χ2v) is 5.27. The molecule has 2 rings (SSSR count). The van der Waals surface area contributed by atoms with Gasteiger partial charge in [0.25, 0.3) is 5.56 Å². The van der Waals surface area contributed by atoms with E-state index in [2.05, 4.69) is 26.1 Å². The summed E-state index contributed by atoms with van der Waals surface area (Å²) in [6, 6.07) is 10.1. The molecule has 0 bridgehead atoms. The molecule has 0 fully saturated rings. The van der Waals surface area contributed by atoms with Crippen LogP contribution in [0, 0.1) is 5.92 Å². The highest BCUT2D eigenvalue weighted by Gasteiger charge is 2.13. The first-order valence-electron chi connectivity index (χ1n) is 6.95. The Morgan fingerprint density at radius 2 is 1.95 bits per heavy atom. The van der Waals surface area contributed by atoms with Crippen LogP contribution in [0.15, 0.2) is 41.3 Å². The van der Waals surface area contributed by atoms with Crippen molar-refractivity contribution in [2.75, 3.05) is 6.54 Å². The molecular formula is C16H22N2O. The lowest BCUT2D eigenvalue weighted by molar-refractivity contribution is 0.359. The average molecular weight is 258 g/mol. The van der Waals surface area contributed by atoms with E-state index in [1.54, 1.807) is 0 Å². The molecule has 1 aromatic heterocycles. The maximum Gasteiger partial charge on any atom is 0.258 e. The maximum absolute atomic E-state index is 12.4. The van der Waals surface area contributed by atoms with Crippen LogP contribution in [0.1, 0.15) is 20.8 Å². The largest absolute Gasteiger partial charge is 0.313 e. The minimum Gasteiger partial charge on any atom is -0.313 e. The highest BCUT2D eigenvalue weighted by molar-refractivity contribution is 5.81. The van der Waals surface area contributed by atoms with Crippen molar-refractivity contribution >= 4 is 10.8 Å². The summed E-state index contributed by atoms with van der Waals surface area (Å²) < 4.78 is 1.82. The molecule has 0 aliphatic rings. The summed E-state index contributed by atoms with van der Waals surface area (Å²) in [5.74, 6) is 0.498. The zero-order valence-electron chi connectivity index (χ0n) is 11.9. The Balaban J connectivity index is 2.35. The minimum atomic E-state index is 0.0988. The number of hydrogen-bond acceptors (Lipinski definition) is 2. The second kappa shape index (κ2) is 6.02. The smallest absolute Gasteiger partial charge is 0.258 e. The first-order valence-corrected chi connectivity index (χ1v) is 6.95. The monoisotopic (exact) mass is 258 g/mol. The number of likely N-dealkylation sites (N-methyl/N-ethyl adjacent to an activating group) is 1. The van der Waals surface area contributed by atoms with Gasteiger partial charge >= 0.3 is 0 Å². The van der Waals surface area contributed by atoms with E-state index < -0.39 is 0 Å². The zero-order chi connectivity index (χ0) is 13.8. The van der Waals surface area contributed by atoms with Crippen molar-refractivity contribution in [2.24, 2.45) is 5.92 Å². The molecule has 0 amide bonds. The highest BCUT2D eigenvalue weighted by atomic mass is 16.1. The van der Waals surface area contributed by atoms with Gasteiger partial charge in [-0.25, -0.2) is 0 Å². The fourth-order valence-electron chi connectivity index (χ4n) is 2.36. The molecule has 0 saturated heterocycles. The number of nitrogens with one attached hydrogen (secondary N) is 1. The van der Waals surface area contributed by atoms with Crippen molar-refractivity contribution in [1.29, 1.82) is 0 Å². The Labute approximate surface area is 114 Å². The van der Waals surface area contributed by atoms with Crippen molar-refractivity contribution in [3.05, 3.63) is 46.9 Å². The minimum absolute atomic E-state index is 0.0988. The molecule has 3 nitrogen and oxygen atoms in total. The molecule has 0 spiro atoms. The first-order chi connectivity index (χ1) is 9.13. The SMILES string of the molecule is CCNC(Cn1ccc2ccccc2c1=O)C(C)C. The molecule has 0 saturated carbocycles. The zero-order valence-corrected chi connectivity index (χ0v) is 11.9. The number of nitrogens with zero attached hydrogens (tertiary/aromatic N) is 1. The normalized spacial score (nSPS) is 13.1. The number of rotatable bonds is 5. The van der Waals surface area contributed by atoms with E-state index in [1.807, 2.05) is 41.1 Å². The van der Waals surface area contributed by atoms with Gasteiger partial charge in [0, 0.05) is 24.2 Å². The van der Waals surface area contributed by atoms with Gasteiger partial charge < -0.3 is 9.88 Å². The molecule has 1 heterocycles. The molecule has 3 heteroatoms. The lowest BCUT2D eigenvalue weighted by atomic mass is 10.0. The fraction of sp³-hybridized carbons (Fsp3) is 0.438. The lowest BCUT2D eigenvalue weighted by Crippen LogP contribution is -2.40. The lowest BCUT2D eigenvalue weighted by Gasteiger charge is -2.22. The molecule has 1 unspecified atom stereocenters. The molecule has 2 aromatic rings. The predicted octanol–water partition coefficient (Wildman–Crippen LogP) is 2.64. The van der Waals surface area contributed by atoms with Crippen molar-refractivity contribution in [1.82, 2.24) is 9.88 Å². The molecule has 0 aliphatic carbocycles. The van der Waals surface area contributed by atoms with Crippen LogP contribution in [0.25, 0.3) is 10.8 Å². The number of aromatic nitrogens is 1. The Hall–Kier alpha value is -1.61. The summed E-state index contributed by atoms with van der Waals surface area (Å²) in [6.45, 7) is 8.09. The van der Waals surface area contributed by atoms with E-state index in [9.17, 15) is 4.79 Å². The van der Waals surface area contributed by atoms with Gasteiger partial charge in [0.1, 0.15) is 0 Å². The number of fused-ring (bicyclic) bond motifs is 1. The quantitative estimate of drug-likeness (QED) is 0.894. The summed E-state index contributed by atoms with van der Waals surface area (Å²) in [6.07, 6.45) is 1.90. The van der Waals surface area contributed by atoms with Crippen LogP contribution in [0.2, 0.25) is 0 Å². The van der Waals surface area contributed by atoms with Gasteiger partial charge in [-0.1, -0.05) is 39.0 Å². The summed E-state index contributed by atoms with van der Waals surface area (Å²) >= 11 is 0. The Morgan fingerprint density at radius 3 is 2.63 bits per heavy atom. The molecule has 19 heavy (non-hydrogen) atoms. The van der Waals surface area contributed by atoms with Crippen LogP contribution in [0.4, 0.5) is 0 Å². The molecule has 102 valence electrons. The van der Waals surface area contributed by atoms with Crippen LogP contribution < -0.4 is 10.9 Å². The van der Waals surface area contributed by atoms with Gasteiger partial charge in [0.15, 0.2) is 0 Å². The fourth-order valence-corrected chi connectivity index (χ4v) is 2.36. The van der Waals surface area contributed by atoms with Gasteiger partial charge in [0.05, 0.1) is 0 Å². The van der Waals surface area contributed by atoms with Crippen LogP contribution in [-0.2, 0) is 6.54 Å². The molecular weight excluding hydrogens is 236 g/mol. The van der Waals surface area contributed by atoms with E-state index in [0.29, 0.717) is 12.0 Å². The van der Waals surface area contributed by atoms with Crippen molar-refractivity contribution in [2.45, 2.75) is 33.4 Å². The molecule has 0 radical (unpaired) electrons. The number of hydrogen-bond donors (Lipinski definition) is 1. The van der Waals surface area contributed by atoms with Crippen molar-refractivity contribution in [3.63, 3.8) is 0 Å². The van der Waals surface area contributed by atoms with Crippen LogP contribution in [0.5, 0.6) is 0 Å². The van der Waals surface area contributed by atoms with E-state index in [4.69, 9.17) is 0 Å². The van der Waals surface area contributed by atoms with Gasteiger partial charge in [-0.05, 0) is 30.0 Å². The predicted molar refractivity (Wildman–Crippen MR) is 80.5 cm³/mol. The third-order valence-electron chi connectivity index (χ3n) is 3.55. The summed E-state index contributed by atoms with van der Waals surface area (Å²) in [4.78, 5) is 12.4. The summed E-state index contributed by atoms with van der Waals surface area (Å²) in [5.41, 5.74) is 0.0988. The van der Waals surface area contributed by atoms with E-state index in [0.717, 1.165) is 23.9 Å². The van der Waals surface area contributed by atoms with Crippen molar-refractivity contribution in [3.8, 4) is 0 Å². The van der Waals surface area contributed by atoms with Gasteiger partial charge in [-0.3, -0.25) is 4.79 Å². The number of benzene rings is 1. The molecule has 0 aliphatic heterocycles. The summed E-state index contributed by atoms with van der Waals surface area (Å²) in [5, 5.41) is 5.25. The second-order valence-electron chi connectivity index (χ2n) is 5.27. The van der Waals surface area contributed by atoms with Gasteiger partial charge in [-0.2, -0.15) is 0 Å². The third kappa shape index (κ3) is 3.04. The highest BCUT2D eigenvalue weighted by Crippen LogP contribution is 2.09. The first kappa shape index (κ1) is 13.8. The van der Waals surface area contributed by atoms with Crippen LogP contribution in [0.3, 0.4) is 0 Å². The number of pyridine rings is 1. The van der Waals surface area contributed by atoms with Crippen molar-refractivity contribution < 1.29 is 0 Å². The van der Waals surface area contributed by atoms with Crippen LogP contribution >= 0.6 is 0 Å². The Morgan fingerprint density at radius 1 is 1.21 bits per heavy atom. The van der Waals surface area contributed by atoms with Gasteiger partial charge in [-0.15, -0.1) is 0 Å². The standard InChI is InChI=1S/C16H22N2O/c1-4-17-15(12(2)3)11-18-10-9-13-7-5-6-8-14(13)16(18)19/h5-10,12,15,17H,4,11H2,1-3H3.